The molecule has 4 N–H and O–H groups in total. The van der Waals surface area contributed by atoms with Crippen LogP contribution in [0.25, 0.3) is 0 Å². The number of ether oxygens (including phenoxy) is 2. The van der Waals surface area contributed by atoms with Crippen LogP contribution in [0.4, 0.5) is 10.5 Å². The van der Waals surface area contributed by atoms with Gasteiger partial charge in [-0.05, 0) is 41.2 Å². The van der Waals surface area contributed by atoms with Gasteiger partial charge in [-0.25, -0.2) is 4.79 Å². The number of para-hydroxylation sites is 1. The fraction of sp³-hybridized carbons (Fsp3) is 0.289. The Balaban J connectivity index is 1.19. The quantitative estimate of drug-likeness (QED) is 0.167. The summed E-state index contributed by atoms with van der Waals surface area (Å²) in [6.07, 6.45) is 1.08. The maximum absolute atomic E-state index is 14.0. The molecule has 0 aliphatic carbocycles. The average molecular weight is 635 g/mol. The predicted octanol–water partition coefficient (Wildman–Crippen LogP) is 4.83. The molecule has 4 aromatic rings. The second-order valence-corrected chi connectivity index (χ2v) is 11.6. The minimum atomic E-state index is -0.948. The molecule has 0 saturated carbocycles. The smallest absolute Gasteiger partial charge is 0.407 e. The zero-order chi connectivity index (χ0) is 32.8. The standard InChI is InChI=1S/C38H42N4O5/c1-46-38(45)42-36(35(29-16-7-3-8-17-29)30-18-9-4-10-19-30)37(44)41-33-20-12-11-15-28(33)21-22-32-25-39-31(26-47-32)24-40-34(43)23-27-13-5-2-6-14-27/h2-20,31-32,35-36,39H,21-26H2,1H3,(H,40,43)(H,41,44)(H,42,45)/t31-,32-,36+/m1/s1. The van der Waals surface area contributed by atoms with Gasteiger partial charge in [0.1, 0.15) is 6.04 Å². The van der Waals surface area contributed by atoms with E-state index in [1.54, 1.807) is 0 Å². The Morgan fingerprint density at radius 3 is 2.09 bits per heavy atom. The lowest BCUT2D eigenvalue weighted by atomic mass is 9.84. The van der Waals surface area contributed by atoms with Crippen LogP contribution in [0.15, 0.2) is 115 Å². The van der Waals surface area contributed by atoms with Crippen LogP contribution in [0.5, 0.6) is 0 Å². The number of benzene rings is 4. The van der Waals surface area contributed by atoms with E-state index in [-0.39, 0.29) is 24.0 Å². The number of nitrogens with one attached hydrogen (secondary N) is 4. The minimum absolute atomic E-state index is 0.00990. The van der Waals surface area contributed by atoms with Crippen LogP contribution in [0.2, 0.25) is 0 Å². The molecule has 0 spiro atoms. The molecule has 244 valence electrons. The molecule has 5 rings (SSSR count). The summed E-state index contributed by atoms with van der Waals surface area (Å²) in [7, 11) is 1.28. The number of hydrogen-bond acceptors (Lipinski definition) is 6. The van der Waals surface area contributed by atoms with E-state index in [1.165, 1.54) is 7.11 Å². The van der Waals surface area contributed by atoms with Gasteiger partial charge in [0.25, 0.3) is 0 Å². The number of anilines is 1. The van der Waals surface area contributed by atoms with Crippen LogP contribution in [0.1, 0.15) is 34.6 Å². The maximum Gasteiger partial charge on any atom is 0.407 e. The molecule has 4 aromatic carbocycles. The van der Waals surface area contributed by atoms with Gasteiger partial charge < -0.3 is 30.7 Å². The Bertz CT molecular complexity index is 1540. The molecule has 0 unspecified atom stereocenters. The molecule has 0 aromatic heterocycles. The van der Waals surface area contributed by atoms with Crippen molar-refractivity contribution in [2.75, 3.05) is 32.1 Å². The van der Waals surface area contributed by atoms with Gasteiger partial charge in [-0.3, -0.25) is 9.59 Å². The molecule has 1 saturated heterocycles. The highest BCUT2D eigenvalue weighted by molar-refractivity contribution is 5.98. The van der Waals surface area contributed by atoms with Crippen molar-refractivity contribution in [1.29, 1.82) is 0 Å². The number of rotatable bonds is 13. The van der Waals surface area contributed by atoms with E-state index in [0.717, 1.165) is 28.7 Å². The van der Waals surface area contributed by atoms with Crippen molar-refractivity contribution in [2.45, 2.75) is 43.4 Å². The molecular weight excluding hydrogens is 592 g/mol. The van der Waals surface area contributed by atoms with Gasteiger partial charge in [0, 0.05) is 30.7 Å². The predicted molar refractivity (Wildman–Crippen MR) is 182 cm³/mol. The Morgan fingerprint density at radius 2 is 1.47 bits per heavy atom. The molecule has 3 amide bonds. The van der Waals surface area contributed by atoms with Gasteiger partial charge in [0.15, 0.2) is 0 Å². The molecule has 9 heteroatoms. The number of alkyl carbamates (subject to hydrolysis) is 1. The van der Waals surface area contributed by atoms with Gasteiger partial charge >= 0.3 is 6.09 Å². The van der Waals surface area contributed by atoms with Gasteiger partial charge in [0.2, 0.25) is 11.8 Å². The summed E-state index contributed by atoms with van der Waals surface area (Å²) in [6, 6.07) is 35.8. The summed E-state index contributed by atoms with van der Waals surface area (Å²) in [5.74, 6) is -0.823. The SMILES string of the molecule is COC(=O)N[C@H](C(=O)Nc1ccccc1CC[C@@H]1CN[C@H](CNC(=O)Cc2ccccc2)CO1)C(c1ccccc1)c1ccccc1. The highest BCUT2D eigenvalue weighted by Gasteiger charge is 2.33. The number of amides is 3. The molecule has 1 aliphatic heterocycles. The molecule has 1 aliphatic rings. The zero-order valence-electron chi connectivity index (χ0n) is 26.6. The summed E-state index contributed by atoms with van der Waals surface area (Å²) in [5, 5.41) is 12.4. The second kappa shape index (κ2) is 17.1. The third kappa shape index (κ3) is 9.75. The van der Waals surface area contributed by atoms with Gasteiger partial charge in [0.05, 0.1) is 26.2 Å². The van der Waals surface area contributed by atoms with E-state index in [2.05, 4.69) is 21.3 Å². The maximum atomic E-state index is 14.0. The molecule has 1 fully saturated rings. The minimum Gasteiger partial charge on any atom is -0.453 e. The van der Waals surface area contributed by atoms with Crippen molar-refractivity contribution in [3.63, 3.8) is 0 Å². The summed E-state index contributed by atoms with van der Waals surface area (Å²) < 4.78 is 11.1. The first kappa shape index (κ1) is 33.4. The van der Waals surface area contributed by atoms with Crippen LogP contribution in [-0.2, 0) is 31.9 Å². The molecule has 0 radical (unpaired) electrons. The Kier molecular flexibility index (Phi) is 12.1. The Morgan fingerprint density at radius 1 is 0.851 bits per heavy atom. The Hall–Kier alpha value is -4.99. The lowest BCUT2D eigenvalue weighted by Crippen LogP contribution is -2.51. The van der Waals surface area contributed by atoms with Crippen molar-refractivity contribution in [3.8, 4) is 0 Å². The van der Waals surface area contributed by atoms with Crippen molar-refractivity contribution in [1.82, 2.24) is 16.0 Å². The van der Waals surface area contributed by atoms with E-state index in [1.807, 2.05) is 115 Å². The normalized spacial score (nSPS) is 16.6. The van der Waals surface area contributed by atoms with Crippen LogP contribution < -0.4 is 21.3 Å². The van der Waals surface area contributed by atoms with Gasteiger partial charge in [-0.2, -0.15) is 0 Å². The van der Waals surface area contributed by atoms with Crippen molar-refractivity contribution < 1.29 is 23.9 Å². The average Bonchev–Trinajstić information content (AvgIpc) is 3.11. The first-order valence-electron chi connectivity index (χ1n) is 16.0. The van der Waals surface area contributed by atoms with Crippen molar-refractivity contribution >= 4 is 23.6 Å². The lowest BCUT2D eigenvalue weighted by Gasteiger charge is -2.31. The molecule has 1 heterocycles. The Labute approximate surface area is 276 Å². The molecular formula is C38H42N4O5. The van der Waals surface area contributed by atoms with Crippen molar-refractivity contribution in [2.24, 2.45) is 0 Å². The fourth-order valence-electron chi connectivity index (χ4n) is 5.84. The zero-order valence-corrected chi connectivity index (χ0v) is 26.6. The summed E-state index contributed by atoms with van der Waals surface area (Å²) in [4.78, 5) is 38.9. The van der Waals surface area contributed by atoms with E-state index in [0.29, 0.717) is 38.2 Å². The number of carbonyl (C=O) groups is 3. The van der Waals surface area contributed by atoms with Gasteiger partial charge in [-0.1, -0.05) is 109 Å². The first-order valence-corrected chi connectivity index (χ1v) is 16.0. The van der Waals surface area contributed by atoms with E-state index in [4.69, 9.17) is 9.47 Å². The number of aryl methyl sites for hydroxylation is 1. The largest absolute Gasteiger partial charge is 0.453 e. The summed E-state index contributed by atoms with van der Waals surface area (Å²) >= 11 is 0. The molecule has 0 bridgehead atoms. The fourth-order valence-corrected chi connectivity index (χ4v) is 5.84. The highest BCUT2D eigenvalue weighted by Crippen LogP contribution is 2.30. The molecule has 3 atom stereocenters. The monoisotopic (exact) mass is 634 g/mol. The molecule has 9 nitrogen and oxygen atoms in total. The van der Waals surface area contributed by atoms with Gasteiger partial charge in [-0.15, -0.1) is 0 Å². The van der Waals surface area contributed by atoms with Crippen LogP contribution in [0.3, 0.4) is 0 Å². The van der Waals surface area contributed by atoms with E-state index in [9.17, 15) is 14.4 Å². The summed E-state index contributed by atoms with van der Waals surface area (Å²) in [5.41, 5.74) is 4.40. The number of morpholine rings is 1. The topological polar surface area (TPSA) is 118 Å². The summed E-state index contributed by atoms with van der Waals surface area (Å²) in [6.45, 7) is 1.66. The lowest BCUT2D eigenvalue weighted by molar-refractivity contribution is -0.121. The van der Waals surface area contributed by atoms with Crippen LogP contribution in [0, 0.1) is 0 Å². The third-order valence-electron chi connectivity index (χ3n) is 8.32. The molecule has 47 heavy (non-hydrogen) atoms. The third-order valence-corrected chi connectivity index (χ3v) is 8.32. The highest BCUT2D eigenvalue weighted by atomic mass is 16.5. The first-order chi connectivity index (χ1) is 23.0. The van der Waals surface area contributed by atoms with E-state index >= 15 is 0 Å². The number of carbonyl (C=O) groups excluding carboxylic acids is 3. The van der Waals surface area contributed by atoms with Crippen molar-refractivity contribution in [3.05, 3.63) is 138 Å². The van der Waals surface area contributed by atoms with Crippen LogP contribution in [-0.4, -0.2) is 62.9 Å². The number of hydrogen-bond donors (Lipinski definition) is 4. The van der Waals surface area contributed by atoms with E-state index < -0.39 is 18.1 Å². The second-order valence-electron chi connectivity index (χ2n) is 11.6. The van der Waals surface area contributed by atoms with Crippen LogP contribution >= 0.6 is 0 Å². The number of methoxy groups -OCH3 is 1.